The molecule has 2 rings (SSSR count). The van der Waals surface area contributed by atoms with Crippen LogP contribution in [0.1, 0.15) is 29.6 Å². The number of hydrogen-bond donors (Lipinski definition) is 7. The number of amides is 5. The number of fused-ring (bicyclic) bond motifs is 1. The Bertz CT molecular complexity index is 905. The molecule has 1 aliphatic rings. The van der Waals surface area contributed by atoms with Crippen molar-refractivity contribution in [1.82, 2.24) is 21.3 Å². The van der Waals surface area contributed by atoms with E-state index in [2.05, 4.69) is 21.3 Å². The number of nitrogens with two attached hydrogens (primary N) is 1. The number of nitrogens with one attached hydrogen (secondary N) is 4. The molecule has 8 N–H and O–H groups in total. The van der Waals surface area contributed by atoms with Crippen molar-refractivity contribution >= 4 is 29.5 Å². The zero-order valence-corrected chi connectivity index (χ0v) is 18.4. The fourth-order valence-electron chi connectivity index (χ4n) is 3.13. The summed E-state index contributed by atoms with van der Waals surface area (Å²) in [6.07, 6.45) is -0.807. The lowest BCUT2D eigenvalue weighted by molar-refractivity contribution is -0.131. The SMILES string of the molecule is NC(=O)CC[C@@H]1NC(=O)C[C@@H](C(=O)NC(CO)CO)NC(=O)c2ccccc2OCCNC1=O. The highest BCUT2D eigenvalue weighted by Gasteiger charge is 2.29. The maximum Gasteiger partial charge on any atom is 0.255 e. The van der Waals surface area contributed by atoms with E-state index in [0.29, 0.717) is 0 Å². The minimum absolute atomic E-state index is 0.00507. The molecule has 186 valence electrons. The lowest BCUT2D eigenvalue weighted by Crippen LogP contribution is -2.54. The normalized spacial score (nSPS) is 19.6. The van der Waals surface area contributed by atoms with Gasteiger partial charge in [0.25, 0.3) is 5.91 Å². The summed E-state index contributed by atoms with van der Waals surface area (Å²) in [7, 11) is 0. The summed E-state index contributed by atoms with van der Waals surface area (Å²) >= 11 is 0. The van der Waals surface area contributed by atoms with Crippen LogP contribution in [0.2, 0.25) is 0 Å². The van der Waals surface area contributed by atoms with Gasteiger partial charge < -0.3 is 42.0 Å². The number of aliphatic hydroxyl groups excluding tert-OH is 2. The molecule has 34 heavy (non-hydrogen) atoms. The van der Waals surface area contributed by atoms with Crippen LogP contribution in [0, 0.1) is 0 Å². The summed E-state index contributed by atoms with van der Waals surface area (Å²) in [5.41, 5.74) is 5.25. The Morgan fingerprint density at radius 3 is 2.53 bits per heavy atom. The third kappa shape index (κ3) is 8.01. The van der Waals surface area contributed by atoms with Gasteiger partial charge in [-0.25, -0.2) is 0 Å². The van der Waals surface area contributed by atoms with E-state index < -0.39 is 67.3 Å². The van der Waals surface area contributed by atoms with E-state index in [1.165, 1.54) is 12.1 Å². The number of carbonyl (C=O) groups excluding carboxylic acids is 5. The number of rotatable bonds is 7. The van der Waals surface area contributed by atoms with E-state index in [1.54, 1.807) is 12.1 Å². The Hall–Kier alpha value is -3.71. The zero-order valence-electron chi connectivity index (χ0n) is 18.4. The van der Waals surface area contributed by atoms with E-state index in [4.69, 9.17) is 10.5 Å². The molecule has 0 fully saturated rings. The minimum Gasteiger partial charge on any atom is -0.491 e. The van der Waals surface area contributed by atoms with Crippen molar-refractivity contribution in [3.63, 3.8) is 0 Å². The summed E-state index contributed by atoms with van der Waals surface area (Å²) in [5.74, 6) is -3.32. The number of ether oxygens (including phenoxy) is 1. The summed E-state index contributed by atoms with van der Waals surface area (Å²) in [5, 5.41) is 28.3. The molecule has 0 aliphatic carbocycles. The van der Waals surface area contributed by atoms with Gasteiger partial charge in [0.1, 0.15) is 24.4 Å². The number of benzene rings is 1. The predicted octanol–water partition coefficient (Wildman–Crippen LogP) is -3.10. The van der Waals surface area contributed by atoms with Crippen LogP contribution in [-0.4, -0.2) is 84.2 Å². The first-order valence-electron chi connectivity index (χ1n) is 10.6. The van der Waals surface area contributed by atoms with Crippen molar-refractivity contribution in [2.75, 3.05) is 26.4 Å². The molecule has 0 saturated heterocycles. The Kier molecular flexibility index (Phi) is 10.2. The molecule has 13 heteroatoms. The van der Waals surface area contributed by atoms with Crippen LogP contribution in [0.15, 0.2) is 24.3 Å². The van der Waals surface area contributed by atoms with E-state index in [1.807, 2.05) is 0 Å². The molecule has 0 radical (unpaired) electrons. The average molecular weight is 479 g/mol. The molecule has 1 aromatic rings. The molecule has 0 bridgehead atoms. The first-order chi connectivity index (χ1) is 16.2. The van der Waals surface area contributed by atoms with Crippen LogP contribution in [0.25, 0.3) is 0 Å². The van der Waals surface area contributed by atoms with Gasteiger partial charge in [0.2, 0.25) is 23.6 Å². The molecule has 1 aliphatic heterocycles. The van der Waals surface area contributed by atoms with E-state index in [9.17, 15) is 34.2 Å². The maximum absolute atomic E-state index is 12.9. The molecule has 1 heterocycles. The maximum atomic E-state index is 12.9. The largest absolute Gasteiger partial charge is 0.491 e. The van der Waals surface area contributed by atoms with E-state index in [-0.39, 0.29) is 37.3 Å². The van der Waals surface area contributed by atoms with E-state index in [0.717, 1.165) is 0 Å². The molecule has 2 atom stereocenters. The molecule has 0 spiro atoms. The van der Waals surface area contributed by atoms with Gasteiger partial charge in [-0.1, -0.05) is 12.1 Å². The summed E-state index contributed by atoms with van der Waals surface area (Å²) in [6.45, 7) is -1.07. The Morgan fingerprint density at radius 2 is 1.85 bits per heavy atom. The van der Waals surface area contributed by atoms with Crippen LogP contribution in [0.3, 0.4) is 0 Å². The van der Waals surface area contributed by atoms with Crippen molar-refractivity contribution < 1.29 is 38.9 Å². The van der Waals surface area contributed by atoms with Crippen molar-refractivity contribution in [2.24, 2.45) is 5.73 Å². The van der Waals surface area contributed by atoms with Gasteiger partial charge in [0, 0.05) is 6.42 Å². The van der Waals surface area contributed by atoms with Crippen LogP contribution in [0.5, 0.6) is 5.75 Å². The fraction of sp³-hybridized carbons (Fsp3) is 0.476. The van der Waals surface area contributed by atoms with Crippen LogP contribution in [0.4, 0.5) is 0 Å². The predicted molar refractivity (Wildman–Crippen MR) is 117 cm³/mol. The van der Waals surface area contributed by atoms with Gasteiger partial charge in [-0.2, -0.15) is 0 Å². The average Bonchev–Trinajstić information content (AvgIpc) is 2.81. The Labute approximate surface area is 195 Å². The monoisotopic (exact) mass is 479 g/mol. The highest BCUT2D eigenvalue weighted by Crippen LogP contribution is 2.18. The second-order valence-electron chi connectivity index (χ2n) is 7.56. The van der Waals surface area contributed by atoms with E-state index >= 15 is 0 Å². The first kappa shape index (κ1) is 26.5. The second-order valence-corrected chi connectivity index (χ2v) is 7.56. The first-order valence-corrected chi connectivity index (χ1v) is 10.6. The standard InChI is InChI=1S/C21H29N5O8/c22-17(29)6-5-14-20(32)23-7-8-34-16-4-2-1-3-13(16)19(31)26-15(9-18(30)25-14)21(33)24-12(10-27)11-28/h1-4,12,14-15,27-28H,5-11H2,(H2,22,29)(H,23,32)(H,24,33)(H,25,30)(H,26,31)/t14-,15-/m0/s1. The Balaban J connectivity index is 2.32. The van der Waals surface area contributed by atoms with Crippen molar-refractivity contribution in [3.8, 4) is 5.75 Å². The van der Waals surface area contributed by atoms with Gasteiger partial charge in [-0.05, 0) is 18.6 Å². The smallest absolute Gasteiger partial charge is 0.255 e. The van der Waals surface area contributed by atoms with Crippen LogP contribution < -0.4 is 31.7 Å². The van der Waals surface area contributed by atoms with Gasteiger partial charge in [0.05, 0.1) is 37.8 Å². The lowest BCUT2D eigenvalue weighted by Gasteiger charge is -2.24. The summed E-state index contributed by atoms with van der Waals surface area (Å²) in [4.78, 5) is 62.0. The molecular weight excluding hydrogens is 450 g/mol. The van der Waals surface area contributed by atoms with Crippen LogP contribution in [-0.2, 0) is 19.2 Å². The van der Waals surface area contributed by atoms with Crippen molar-refractivity contribution in [1.29, 1.82) is 0 Å². The van der Waals surface area contributed by atoms with Crippen molar-refractivity contribution in [2.45, 2.75) is 37.4 Å². The third-order valence-corrected chi connectivity index (χ3v) is 4.92. The van der Waals surface area contributed by atoms with Gasteiger partial charge in [-0.3, -0.25) is 24.0 Å². The van der Waals surface area contributed by atoms with Crippen LogP contribution >= 0.6 is 0 Å². The van der Waals surface area contributed by atoms with Gasteiger partial charge >= 0.3 is 0 Å². The minimum atomic E-state index is -1.41. The lowest BCUT2D eigenvalue weighted by atomic mass is 10.1. The number of para-hydroxylation sites is 1. The summed E-state index contributed by atoms with van der Waals surface area (Å²) < 4.78 is 5.60. The molecule has 0 unspecified atom stereocenters. The van der Waals surface area contributed by atoms with Gasteiger partial charge in [-0.15, -0.1) is 0 Å². The molecule has 13 nitrogen and oxygen atoms in total. The summed E-state index contributed by atoms with van der Waals surface area (Å²) in [6, 6.07) is 2.69. The fourth-order valence-corrected chi connectivity index (χ4v) is 3.13. The number of hydrogen-bond acceptors (Lipinski definition) is 8. The Morgan fingerprint density at radius 1 is 1.15 bits per heavy atom. The number of primary amides is 1. The second kappa shape index (κ2) is 13.1. The van der Waals surface area contributed by atoms with Crippen molar-refractivity contribution in [3.05, 3.63) is 29.8 Å². The number of carbonyl (C=O) groups is 5. The number of aliphatic hydroxyl groups is 2. The topological polar surface area (TPSA) is 209 Å². The third-order valence-electron chi connectivity index (χ3n) is 4.92. The molecule has 0 aromatic heterocycles. The highest BCUT2D eigenvalue weighted by atomic mass is 16.5. The zero-order chi connectivity index (χ0) is 25.1. The van der Waals surface area contributed by atoms with Gasteiger partial charge in [0.15, 0.2) is 0 Å². The molecule has 5 amide bonds. The highest BCUT2D eigenvalue weighted by molar-refractivity contribution is 6.01. The molecule has 1 aromatic carbocycles. The molecular formula is C21H29N5O8. The molecule has 0 saturated carbocycles. The quantitative estimate of drug-likeness (QED) is 0.212.